The van der Waals surface area contributed by atoms with Gasteiger partial charge in [-0.25, -0.2) is 4.79 Å². The lowest BCUT2D eigenvalue weighted by Gasteiger charge is -2.22. The van der Waals surface area contributed by atoms with Gasteiger partial charge in [0, 0.05) is 18.2 Å². The first-order valence-corrected chi connectivity index (χ1v) is 12.1. The highest BCUT2D eigenvalue weighted by atomic mass is 16.6. The Balaban J connectivity index is 1.62. The molecule has 0 aromatic heterocycles. The molecule has 3 atom stereocenters. The van der Waals surface area contributed by atoms with Crippen molar-refractivity contribution in [1.82, 2.24) is 10.6 Å². The Kier molecular flexibility index (Phi) is 8.70. The van der Waals surface area contributed by atoms with E-state index < -0.39 is 29.2 Å². The quantitative estimate of drug-likeness (QED) is 0.320. The SMILES string of the molecule is CC(C)(C)OC(=O)NCCC[C@H](NC(=O)C1(N)C[C@H]1c1ccccc1)C(=O)Nc1ccc(CO)cc1. The number of anilines is 1. The van der Waals surface area contributed by atoms with Gasteiger partial charge in [0.15, 0.2) is 0 Å². The standard InChI is InChI=1S/C27H36N4O5/c1-26(2,3)36-25(35)29-15-7-10-22(23(33)30-20-13-11-18(17-32)12-14-20)31-24(34)27(28)16-21(27)19-8-5-4-6-9-19/h4-6,8-9,11-14,21-22,32H,7,10,15-17,28H2,1-3H3,(H,29,35)(H,30,33)(H,31,34)/t21-,22-,27?/m0/s1. The third kappa shape index (κ3) is 7.53. The van der Waals surface area contributed by atoms with Crippen LogP contribution in [0.4, 0.5) is 10.5 Å². The van der Waals surface area contributed by atoms with Crippen LogP contribution in [0.3, 0.4) is 0 Å². The molecule has 194 valence electrons. The van der Waals surface area contributed by atoms with Crippen LogP contribution >= 0.6 is 0 Å². The zero-order valence-electron chi connectivity index (χ0n) is 21.0. The second-order valence-corrected chi connectivity index (χ2v) is 10.1. The van der Waals surface area contributed by atoms with Crippen molar-refractivity contribution in [3.63, 3.8) is 0 Å². The molecule has 6 N–H and O–H groups in total. The van der Waals surface area contributed by atoms with Gasteiger partial charge >= 0.3 is 6.09 Å². The minimum absolute atomic E-state index is 0.0985. The molecule has 3 rings (SSSR count). The number of benzene rings is 2. The van der Waals surface area contributed by atoms with Gasteiger partial charge in [0.05, 0.1) is 6.61 Å². The minimum atomic E-state index is -1.07. The number of carbonyl (C=O) groups excluding carboxylic acids is 3. The van der Waals surface area contributed by atoms with E-state index in [9.17, 15) is 19.5 Å². The van der Waals surface area contributed by atoms with E-state index in [0.717, 1.165) is 11.1 Å². The molecule has 0 bridgehead atoms. The van der Waals surface area contributed by atoms with Crippen molar-refractivity contribution in [2.75, 3.05) is 11.9 Å². The van der Waals surface area contributed by atoms with Crippen LogP contribution in [0.2, 0.25) is 0 Å². The summed E-state index contributed by atoms with van der Waals surface area (Å²) >= 11 is 0. The highest BCUT2D eigenvalue weighted by molar-refractivity contribution is 6.00. The number of alkyl carbamates (subject to hydrolysis) is 1. The van der Waals surface area contributed by atoms with Crippen molar-refractivity contribution in [1.29, 1.82) is 0 Å². The number of ether oxygens (including phenoxy) is 1. The monoisotopic (exact) mass is 496 g/mol. The lowest BCUT2D eigenvalue weighted by atomic mass is 10.0. The van der Waals surface area contributed by atoms with Crippen molar-refractivity contribution < 1.29 is 24.2 Å². The van der Waals surface area contributed by atoms with E-state index in [1.807, 2.05) is 30.3 Å². The number of aliphatic hydroxyl groups is 1. The summed E-state index contributed by atoms with van der Waals surface area (Å²) in [4.78, 5) is 38.1. The van der Waals surface area contributed by atoms with Gasteiger partial charge in [-0.3, -0.25) is 9.59 Å². The maximum atomic E-state index is 13.1. The molecule has 1 aliphatic carbocycles. The lowest BCUT2D eigenvalue weighted by Crippen LogP contribution is -2.52. The van der Waals surface area contributed by atoms with Gasteiger partial charge in [0.25, 0.3) is 0 Å². The Labute approximate surface area is 211 Å². The minimum Gasteiger partial charge on any atom is -0.444 e. The van der Waals surface area contributed by atoms with E-state index in [4.69, 9.17) is 10.5 Å². The highest BCUT2D eigenvalue weighted by Gasteiger charge is 2.58. The number of carbonyl (C=O) groups is 3. The Morgan fingerprint density at radius 2 is 1.78 bits per heavy atom. The first-order valence-electron chi connectivity index (χ1n) is 12.1. The van der Waals surface area contributed by atoms with Gasteiger partial charge in [-0.15, -0.1) is 0 Å². The van der Waals surface area contributed by atoms with E-state index >= 15 is 0 Å². The Bertz CT molecular complexity index is 1050. The molecule has 0 radical (unpaired) electrons. The Morgan fingerprint density at radius 3 is 2.39 bits per heavy atom. The first-order chi connectivity index (χ1) is 17.0. The normalized spacial score (nSPS) is 19.6. The average molecular weight is 497 g/mol. The Hall–Kier alpha value is -3.43. The van der Waals surface area contributed by atoms with Gasteiger partial charge in [-0.1, -0.05) is 42.5 Å². The maximum Gasteiger partial charge on any atom is 0.407 e. The molecule has 1 unspecified atom stereocenters. The number of nitrogens with two attached hydrogens (primary N) is 1. The third-order valence-electron chi connectivity index (χ3n) is 5.99. The van der Waals surface area contributed by atoms with Crippen LogP contribution in [-0.2, 0) is 20.9 Å². The van der Waals surface area contributed by atoms with E-state index in [-0.39, 0.29) is 31.4 Å². The largest absolute Gasteiger partial charge is 0.444 e. The van der Waals surface area contributed by atoms with E-state index in [1.54, 1.807) is 45.0 Å². The molecular weight excluding hydrogens is 460 g/mol. The van der Waals surface area contributed by atoms with Crippen molar-refractivity contribution >= 4 is 23.6 Å². The zero-order chi connectivity index (χ0) is 26.3. The molecule has 0 spiro atoms. The number of aliphatic hydroxyl groups excluding tert-OH is 1. The van der Waals surface area contributed by atoms with Crippen LogP contribution in [0.15, 0.2) is 54.6 Å². The number of amides is 3. The summed E-state index contributed by atoms with van der Waals surface area (Å²) in [7, 11) is 0. The molecule has 3 amide bonds. The number of hydrogen-bond acceptors (Lipinski definition) is 6. The van der Waals surface area contributed by atoms with Crippen LogP contribution in [0.1, 0.15) is 57.1 Å². The fraction of sp³-hybridized carbons (Fsp3) is 0.444. The second kappa shape index (κ2) is 11.5. The zero-order valence-corrected chi connectivity index (χ0v) is 21.0. The average Bonchev–Trinajstić information content (AvgIpc) is 3.53. The fourth-order valence-corrected chi connectivity index (χ4v) is 3.93. The van der Waals surface area contributed by atoms with Crippen LogP contribution in [0.25, 0.3) is 0 Å². The third-order valence-corrected chi connectivity index (χ3v) is 5.99. The van der Waals surface area contributed by atoms with Gasteiger partial charge in [-0.2, -0.15) is 0 Å². The van der Waals surface area contributed by atoms with Crippen LogP contribution in [0, 0.1) is 0 Å². The van der Waals surface area contributed by atoms with E-state index in [0.29, 0.717) is 18.5 Å². The van der Waals surface area contributed by atoms with Gasteiger partial charge in [0.2, 0.25) is 11.8 Å². The van der Waals surface area contributed by atoms with Crippen LogP contribution in [-0.4, -0.2) is 46.7 Å². The van der Waals surface area contributed by atoms with E-state index in [1.165, 1.54) is 0 Å². The van der Waals surface area contributed by atoms with Gasteiger partial charge in [0.1, 0.15) is 17.2 Å². The predicted molar refractivity (Wildman–Crippen MR) is 137 cm³/mol. The molecule has 36 heavy (non-hydrogen) atoms. The fourth-order valence-electron chi connectivity index (χ4n) is 3.93. The summed E-state index contributed by atoms with van der Waals surface area (Å²) in [6.45, 7) is 5.51. The second-order valence-electron chi connectivity index (χ2n) is 10.1. The summed E-state index contributed by atoms with van der Waals surface area (Å²) in [5, 5.41) is 17.5. The predicted octanol–water partition coefficient (Wildman–Crippen LogP) is 2.79. The highest BCUT2D eigenvalue weighted by Crippen LogP contribution is 2.49. The van der Waals surface area contributed by atoms with Crippen molar-refractivity contribution in [2.24, 2.45) is 5.73 Å². The molecule has 0 aliphatic heterocycles. The summed E-state index contributed by atoms with van der Waals surface area (Å²) in [5.74, 6) is -0.882. The molecule has 0 saturated heterocycles. The summed E-state index contributed by atoms with van der Waals surface area (Å²) in [6.07, 6.45) is 0.677. The van der Waals surface area contributed by atoms with Crippen molar-refractivity contribution in [3.05, 3.63) is 65.7 Å². The first kappa shape index (κ1) is 27.2. The number of nitrogens with one attached hydrogen (secondary N) is 3. The van der Waals surface area contributed by atoms with E-state index in [2.05, 4.69) is 16.0 Å². The molecule has 1 fully saturated rings. The molecular formula is C27H36N4O5. The molecule has 2 aromatic carbocycles. The smallest absolute Gasteiger partial charge is 0.407 e. The lowest BCUT2D eigenvalue weighted by molar-refractivity contribution is -0.128. The molecule has 1 saturated carbocycles. The van der Waals surface area contributed by atoms with Crippen LogP contribution in [0.5, 0.6) is 0 Å². The molecule has 0 heterocycles. The molecule has 1 aliphatic rings. The number of rotatable bonds is 10. The summed E-state index contributed by atoms with van der Waals surface area (Å²) in [5.41, 5.74) is 6.98. The van der Waals surface area contributed by atoms with Gasteiger partial charge in [-0.05, 0) is 63.3 Å². The molecule has 9 heteroatoms. The van der Waals surface area contributed by atoms with Crippen molar-refractivity contribution in [3.8, 4) is 0 Å². The van der Waals surface area contributed by atoms with Crippen LogP contribution < -0.4 is 21.7 Å². The summed E-state index contributed by atoms with van der Waals surface area (Å²) < 4.78 is 5.23. The topological polar surface area (TPSA) is 143 Å². The maximum absolute atomic E-state index is 13.1. The van der Waals surface area contributed by atoms with Gasteiger partial charge < -0.3 is 31.5 Å². The summed E-state index contributed by atoms with van der Waals surface area (Å²) in [6, 6.07) is 15.5. The molecule has 2 aromatic rings. The Morgan fingerprint density at radius 1 is 1.11 bits per heavy atom. The molecule has 9 nitrogen and oxygen atoms in total. The van der Waals surface area contributed by atoms with Crippen molar-refractivity contribution in [2.45, 2.75) is 69.7 Å². The number of hydrogen-bond donors (Lipinski definition) is 5.